The summed E-state index contributed by atoms with van der Waals surface area (Å²) in [5.41, 5.74) is 1.13. The van der Waals surface area contributed by atoms with Crippen LogP contribution in [0, 0.1) is 0 Å². The van der Waals surface area contributed by atoms with Crippen LogP contribution in [0.5, 0.6) is 5.88 Å². The van der Waals surface area contributed by atoms with Crippen LogP contribution in [0.2, 0.25) is 0 Å². The van der Waals surface area contributed by atoms with Gasteiger partial charge >= 0.3 is 0 Å². The van der Waals surface area contributed by atoms with Crippen LogP contribution in [0.4, 0.5) is 5.95 Å². The Kier molecular flexibility index (Phi) is 3.28. The minimum Gasteiger partial charge on any atom is -0.481 e. The van der Waals surface area contributed by atoms with Gasteiger partial charge in [0.2, 0.25) is 11.8 Å². The minimum atomic E-state index is 0.548. The average Bonchev–Trinajstić information content (AvgIpc) is 2.38. The zero-order valence-corrected chi connectivity index (χ0v) is 8.92. The topological polar surface area (TPSA) is 59.9 Å². The Morgan fingerprint density at radius 3 is 2.75 bits per heavy atom. The predicted octanol–water partition coefficient (Wildman–Crippen LogP) is 1.49. The molecule has 2 aromatic rings. The van der Waals surface area contributed by atoms with Crippen LogP contribution >= 0.6 is 0 Å². The lowest BCUT2D eigenvalue weighted by Crippen LogP contribution is -2.03. The fraction of sp³-hybridized carbons (Fsp3) is 0.182. The van der Waals surface area contributed by atoms with Gasteiger partial charge < -0.3 is 10.1 Å². The van der Waals surface area contributed by atoms with Crippen molar-refractivity contribution in [1.82, 2.24) is 15.0 Å². The highest BCUT2D eigenvalue weighted by atomic mass is 16.5. The molecule has 0 radical (unpaired) electrons. The van der Waals surface area contributed by atoms with Crippen molar-refractivity contribution in [1.29, 1.82) is 0 Å². The number of nitrogens with zero attached hydrogens (tertiary/aromatic N) is 3. The van der Waals surface area contributed by atoms with E-state index in [0.717, 1.165) is 5.56 Å². The molecule has 0 atom stereocenters. The number of pyridine rings is 1. The molecule has 0 aromatic carbocycles. The van der Waals surface area contributed by atoms with Gasteiger partial charge in [-0.3, -0.25) is 4.98 Å². The first-order valence-corrected chi connectivity index (χ1v) is 4.88. The van der Waals surface area contributed by atoms with Gasteiger partial charge in [0.05, 0.1) is 7.11 Å². The van der Waals surface area contributed by atoms with E-state index in [1.807, 2.05) is 12.1 Å². The van der Waals surface area contributed by atoms with Gasteiger partial charge in [0.25, 0.3) is 0 Å². The van der Waals surface area contributed by atoms with Crippen molar-refractivity contribution in [3.8, 4) is 5.88 Å². The molecule has 0 aliphatic heterocycles. The number of hydrogen-bond acceptors (Lipinski definition) is 5. The summed E-state index contributed by atoms with van der Waals surface area (Å²) < 4.78 is 5.01. The van der Waals surface area contributed by atoms with E-state index in [1.165, 1.54) is 0 Å². The average molecular weight is 216 g/mol. The Bertz CT molecular complexity index is 447. The summed E-state index contributed by atoms with van der Waals surface area (Å²) in [6, 6.07) is 5.58. The summed E-state index contributed by atoms with van der Waals surface area (Å²) in [6.07, 6.45) is 5.16. The van der Waals surface area contributed by atoms with Crippen molar-refractivity contribution < 1.29 is 4.74 Å². The third kappa shape index (κ3) is 2.66. The summed E-state index contributed by atoms with van der Waals surface area (Å²) in [6.45, 7) is 0.662. The molecule has 0 fully saturated rings. The Balaban J connectivity index is 1.99. The van der Waals surface area contributed by atoms with Gasteiger partial charge in [0, 0.05) is 31.2 Å². The summed E-state index contributed by atoms with van der Waals surface area (Å²) >= 11 is 0. The molecule has 5 heteroatoms. The number of ether oxygens (including phenoxy) is 1. The number of rotatable bonds is 4. The molecule has 2 aromatic heterocycles. The quantitative estimate of drug-likeness (QED) is 0.839. The lowest BCUT2D eigenvalue weighted by Gasteiger charge is -2.05. The summed E-state index contributed by atoms with van der Waals surface area (Å²) in [7, 11) is 1.58. The molecule has 16 heavy (non-hydrogen) atoms. The molecule has 0 unspecified atom stereocenters. The summed E-state index contributed by atoms with van der Waals surface area (Å²) in [5, 5.41) is 3.11. The molecular weight excluding hydrogens is 204 g/mol. The van der Waals surface area contributed by atoms with E-state index in [1.54, 1.807) is 31.8 Å². The van der Waals surface area contributed by atoms with Crippen molar-refractivity contribution in [3.63, 3.8) is 0 Å². The molecule has 0 aliphatic rings. The normalized spacial score (nSPS) is 9.81. The van der Waals surface area contributed by atoms with Crippen molar-refractivity contribution in [2.75, 3.05) is 12.4 Å². The van der Waals surface area contributed by atoms with Gasteiger partial charge in [0.1, 0.15) is 0 Å². The molecule has 0 amide bonds. The molecule has 5 nitrogen and oxygen atoms in total. The molecule has 1 N–H and O–H groups in total. The van der Waals surface area contributed by atoms with Crippen LogP contribution in [-0.4, -0.2) is 22.1 Å². The van der Waals surface area contributed by atoms with Crippen molar-refractivity contribution in [2.24, 2.45) is 0 Å². The van der Waals surface area contributed by atoms with Crippen molar-refractivity contribution >= 4 is 5.95 Å². The predicted molar refractivity (Wildman–Crippen MR) is 60.1 cm³/mol. The fourth-order valence-electron chi connectivity index (χ4n) is 1.22. The van der Waals surface area contributed by atoms with Gasteiger partial charge in [0.15, 0.2) is 0 Å². The Morgan fingerprint density at radius 1 is 1.19 bits per heavy atom. The zero-order chi connectivity index (χ0) is 11.2. The molecule has 0 saturated heterocycles. The molecule has 0 saturated carbocycles. The maximum absolute atomic E-state index is 5.01. The second-order valence-corrected chi connectivity index (χ2v) is 3.13. The van der Waals surface area contributed by atoms with E-state index in [9.17, 15) is 0 Å². The molecule has 82 valence electrons. The Labute approximate surface area is 93.5 Å². The van der Waals surface area contributed by atoms with Crippen LogP contribution < -0.4 is 10.1 Å². The lowest BCUT2D eigenvalue weighted by molar-refractivity contribution is 0.397. The van der Waals surface area contributed by atoms with Crippen LogP contribution in [0.1, 0.15) is 5.56 Å². The molecule has 0 spiro atoms. The molecule has 2 heterocycles. The van der Waals surface area contributed by atoms with Crippen LogP contribution in [0.3, 0.4) is 0 Å². The van der Waals surface area contributed by atoms with E-state index in [4.69, 9.17) is 4.74 Å². The fourth-order valence-corrected chi connectivity index (χ4v) is 1.22. The summed E-state index contributed by atoms with van der Waals surface area (Å²) in [4.78, 5) is 12.2. The van der Waals surface area contributed by atoms with Gasteiger partial charge in [-0.15, -0.1) is 0 Å². The number of anilines is 1. The molecule has 0 bridgehead atoms. The number of aromatic nitrogens is 3. The molecular formula is C11H12N4O. The maximum atomic E-state index is 5.01. The molecule has 2 rings (SSSR count). The highest BCUT2D eigenvalue weighted by Crippen LogP contribution is 2.08. The zero-order valence-electron chi connectivity index (χ0n) is 8.92. The van der Waals surface area contributed by atoms with Crippen LogP contribution in [0.25, 0.3) is 0 Å². The van der Waals surface area contributed by atoms with E-state index in [2.05, 4.69) is 20.3 Å². The van der Waals surface area contributed by atoms with Gasteiger partial charge in [-0.1, -0.05) is 0 Å². The van der Waals surface area contributed by atoms with E-state index < -0.39 is 0 Å². The Morgan fingerprint density at radius 2 is 2.00 bits per heavy atom. The van der Waals surface area contributed by atoms with E-state index in [-0.39, 0.29) is 0 Å². The largest absolute Gasteiger partial charge is 0.481 e. The summed E-state index contributed by atoms with van der Waals surface area (Å²) in [5.74, 6) is 1.10. The van der Waals surface area contributed by atoms with Crippen LogP contribution in [0.15, 0.2) is 36.8 Å². The van der Waals surface area contributed by atoms with Crippen molar-refractivity contribution in [2.45, 2.75) is 6.54 Å². The minimum absolute atomic E-state index is 0.548. The maximum Gasteiger partial charge on any atom is 0.226 e. The highest BCUT2D eigenvalue weighted by Gasteiger charge is 1.98. The Hall–Kier alpha value is -2.17. The van der Waals surface area contributed by atoms with Crippen molar-refractivity contribution in [3.05, 3.63) is 42.4 Å². The van der Waals surface area contributed by atoms with Crippen LogP contribution in [-0.2, 0) is 6.54 Å². The smallest absolute Gasteiger partial charge is 0.226 e. The van der Waals surface area contributed by atoms with Gasteiger partial charge in [-0.2, -0.15) is 4.98 Å². The SMILES string of the molecule is COc1ccnc(NCc2ccncc2)n1. The van der Waals surface area contributed by atoms with E-state index >= 15 is 0 Å². The number of nitrogens with one attached hydrogen (secondary N) is 1. The second-order valence-electron chi connectivity index (χ2n) is 3.13. The second kappa shape index (κ2) is 5.06. The lowest BCUT2D eigenvalue weighted by atomic mass is 10.3. The van der Waals surface area contributed by atoms with Gasteiger partial charge in [-0.05, 0) is 17.7 Å². The standard InChI is InChI=1S/C11H12N4O/c1-16-10-4-7-13-11(15-10)14-8-9-2-5-12-6-3-9/h2-7H,8H2,1H3,(H,13,14,15). The van der Waals surface area contributed by atoms with E-state index in [0.29, 0.717) is 18.4 Å². The number of methoxy groups -OCH3 is 1. The number of hydrogen-bond donors (Lipinski definition) is 1. The first-order chi connectivity index (χ1) is 7.88. The molecule has 0 aliphatic carbocycles. The monoisotopic (exact) mass is 216 g/mol. The highest BCUT2D eigenvalue weighted by molar-refractivity contribution is 5.29. The first kappa shape index (κ1) is 10.4. The first-order valence-electron chi connectivity index (χ1n) is 4.88. The third-order valence-electron chi connectivity index (χ3n) is 2.04. The third-order valence-corrected chi connectivity index (χ3v) is 2.04. The van der Waals surface area contributed by atoms with Gasteiger partial charge in [-0.25, -0.2) is 4.98 Å².